The van der Waals surface area contributed by atoms with Crippen molar-refractivity contribution in [3.8, 4) is 0 Å². The van der Waals surface area contributed by atoms with Crippen LogP contribution in [0.4, 0.5) is 0 Å². The third-order valence-electron chi connectivity index (χ3n) is 2.68. The summed E-state index contributed by atoms with van der Waals surface area (Å²) in [5.74, 6) is -1.14. The van der Waals surface area contributed by atoms with Crippen LogP contribution in [0.25, 0.3) is 0 Å². The average Bonchev–Trinajstić information content (AvgIpc) is 2.28. The molecule has 1 aromatic carbocycles. The zero-order chi connectivity index (χ0) is 13.7. The van der Waals surface area contributed by atoms with Gasteiger partial charge in [-0.25, -0.2) is 0 Å². The summed E-state index contributed by atoms with van der Waals surface area (Å²) in [6.45, 7) is 4.16. The molecule has 0 fully saturated rings. The lowest BCUT2D eigenvalue weighted by Crippen LogP contribution is -2.25. The van der Waals surface area contributed by atoms with E-state index in [-0.39, 0.29) is 12.3 Å². The Morgan fingerprint density at radius 1 is 1.28 bits per heavy atom. The molecule has 0 aliphatic heterocycles. The van der Waals surface area contributed by atoms with Crippen LogP contribution < -0.4 is 5.32 Å². The van der Waals surface area contributed by atoms with Gasteiger partial charge in [-0.1, -0.05) is 11.6 Å². The first-order chi connectivity index (χ1) is 8.41. The molecule has 0 atom stereocenters. The summed E-state index contributed by atoms with van der Waals surface area (Å²) in [5.41, 5.74) is 2.45. The smallest absolute Gasteiger partial charge is 0.303 e. The number of carboxylic acid groups (broad SMARTS) is 1. The fourth-order valence-electron chi connectivity index (χ4n) is 1.49. The molecule has 0 radical (unpaired) electrons. The minimum atomic E-state index is -0.867. The predicted octanol–water partition coefficient (Wildman–Crippen LogP) is 2.55. The van der Waals surface area contributed by atoms with Crippen LogP contribution in [0.1, 0.15) is 34.3 Å². The van der Waals surface area contributed by atoms with Gasteiger partial charge in [0.2, 0.25) is 0 Å². The molecule has 2 N–H and O–H groups in total. The normalized spacial score (nSPS) is 10.2. The molecular formula is C13H16ClNO3. The Morgan fingerprint density at radius 2 is 1.89 bits per heavy atom. The molecule has 1 amide bonds. The standard InChI is InChI=1S/C13H16ClNO3/c1-8-6-10(11(14)7-9(8)2)13(18)15-5-3-4-12(16)17/h6-7H,3-5H2,1-2H3,(H,15,18)(H,16,17). The van der Waals surface area contributed by atoms with Crippen molar-refractivity contribution in [1.82, 2.24) is 5.32 Å². The molecule has 5 heteroatoms. The number of hydrogen-bond donors (Lipinski definition) is 2. The summed E-state index contributed by atoms with van der Waals surface area (Å²) in [6.07, 6.45) is 0.449. The van der Waals surface area contributed by atoms with Gasteiger partial charge < -0.3 is 10.4 Å². The second-order valence-corrected chi connectivity index (χ2v) is 4.58. The van der Waals surface area contributed by atoms with E-state index in [1.807, 2.05) is 13.8 Å². The molecule has 98 valence electrons. The quantitative estimate of drug-likeness (QED) is 0.808. The Balaban J connectivity index is 2.62. The summed E-state index contributed by atoms with van der Waals surface area (Å²) in [6, 6.07) is 3.49. The Bertz CT molecular complexity index is 472. The van der Waals surface area contributed by atoms with Crippen molar-refractivity contribution in [3.63, 3.8) is 0 Å². The van der Waals surface area contributed by atoms with Gasteiger partial charge in [0.15, 0.2) is 0 Å². The van der Waals surface area contributed by atoms with Crippen molar-refractivity contribution in [1.29, 1.82) is 0 Å². The Labute approximate surface area is 111 Å². The highest BCUT2D eigenvalue weighted by Crippen LogP contribution is 2.20. The number of aryl methyl sites for hydroxylation is 2. The zero-order valence-corrected chi connectivity index (χ0v) is 11.2. The number of carboxylic acids is 1. The van der Waals surface area contributed by atoms with Crippen LogP contribution in [0.2, 0.25) is 5.02 Å². The Kier molecular flexibility index (Phi) is 5.16. The van der Waals surface area contributed by atoms with Crippen LogP contribution in [-0.4, -0.2) is 23.5 Å². The lowest BCUT2D eigenvalue weighted by Gasteiger charge is -2.09. The molecule has 18 heavy (non-hydrogen) atoms. The number of rotatable bonds is 5. The molecule has 0 aliphatic rings. The van der Waals surface area contributed by atoms with Crippen LogP contribution in [0, 0.1) is 13.8 Å². The predicted molar refractivity (Wildman–Crippen MR) is 70.1 cm³/mol. The third-order valence-corrected chi connectivity index (χ3v) is 2.99. The highest BCUT2D eigenvalue weighted by molar-refractivity contribution is 6.33. The van der Waals surface area contributed by atoms with Crippen molar-refractivity contribution >= 4 is 23.5 Å². The topological polar surface area (TPSA) is 66.4 Å². The number of aliphatic carboxylic acids is 1. The van der Waals surface area contributed by atoms with Crippen LogP contribution in [0.5, 0.6) is 0 Å². The average molecular weight is 270 g/mol. The minimum Gasteiger partial charge on any atom is -0.481 e. The summed E-state index contributed by atoms with van der Waals surface area (Å²) >= 11 is 6.00. The van der Waals surface area contributed by atoms with Crippen LogP contribution in [0.15, 0.2) is 12.1 Å². The second-order valence-electron chi connectivity index (χ2n) is 4.17. The summed E-state index contributed by atoms with van der Waals surface area (Å²) < 4.78 is 0. The highest BCUT2D eigenvalue weighted by atomic mass is 35.5. The maximum absolute atomic E-state index is 11.8. The van der Waals surface area contributed by atoms with E-state index in [4.69, 9.17) is 16.7 Å². The van der Waals surface area contributed by atoms with E-state index in [0.29, 0.717) is 23.6 Å². The number of hydrogen-bond acceptors (Lipinski definition) is 2. The molecule has 0 spiro atoms. The molecule has 4 nitrogen and oxygen atoms in total. The highest BCUT2D eigenvalue weighted by Gasteiger charge is 2.11. The molecular weight excluding hydrogens is 254 g/mol. The first-order valence-electron chi connectivity index (χ1n) is 5.68. The van der Waals surface area contributed by atoms with E-state index in [0.717, 1.165) is 11.1 Å². The first-order valence-corrected chi connectivity index (χ1v) is 6.06. The van der Waals surface area contributed by atoms with Gasteiger partial charge >= 0.3 is 5.97 Å². The number of carbonyl (C=O) groups excluding carboxylic acids is 1. The number of amides is 1. The Hall–Kier alpha value is -1.55. The molecule has 0 bridgehead atoms. The van der Waals surface area contributed by atoms with E-state index >= 15 is 0 Å². The van der Waals surface area contributed by atoms with Gasteiger partial charge in [0, 0.05) is 13.0 Å². The van der Waals surface area contributed by atoms with E-state index in [1.54, 1.807) is 12.1 Å². The Morgan fingerprint density at radius 3 is 2.50 bits per heavy atom. The SMILES string of the molecule is Cc1cc(Cl)c(C(=O)NCCCC(=O)O)cc1C. The second kappa shape index (κ2) is 6.40. The molecule has 1 aromatic rings. The van der Waals surface area contributed by atoms with Crippen LogP contribution in [-0.2, 0) is 4.79 Å². The monoisotopic (exact) mass is 269 g/mol. The van der Waals surface area contributed by atoms with E-state index in [1.165, 1.54) is 0 Å². The molecule has 0 aromatic heterocycles. The van der Waals surface area contributed by atoms with Gasteiger partial charge in [-0.2, -0.15) is 0 Å². The molecule has 0 unspecified atom stereocenters. The molecule has 0 aliphatic carbocycles. The van der Waals surface area contributed by atoms with Crippen molar-refractivity contribution in [2.75, 3.05) is 6.54 Å². The third kappa shape index (κ3) is 4.04. The van der Waals surface area contributed by atoms with Gasteiger partial charge in [-0.3, -0.25) is 9.59 Å². The fraction of sp³-hybridized carbons (Fsp3) is 0.385. The largest absolute Gasteiger partial charge is 0.481 e. The lowest BCUT2D eigenvalue weighted by atomic mass is 10.1. The number of nitrogens with one attached hydrogen (secondary N) is 1. The van der Waals surface area contributed by atoms with Gasteiger partial charge in [0.05, 0.1) is 10.6 Å². The van der Waals surface area contributed by atoms with Crippen molar-refractivity contribution in [3.05, 3.63) is 33.8 Å². The summed E-state index contributed by atoms with van der Waals surface area (Å²) in [7, 11) is 0. The minimum absolute atomic E-state index is 0.0426. The maximum Gasteiger partial charge on any atom is 0.303 e. The van der Waals surface area contributed by atoms with Gasteiger partial charge in [-0.05, 0) is 43.5 Å². The van der Waals surface area contributed by atoms with E-state index in [9.17, 15) is 9.59 Å². The number of carbonyl (C=O) groups is 2. The van der Waals surface area contributed by atoms with Crippen molar-refractivity contribution < 1.29 is 14.7 Å². The van der Waals surface area contributed by atoms with Gasteiger partial charge in [-0.15, -0.1) is 0 Å². The number of halogens is 1. The lowest BCUT2D eigenvalue weighted by molar-refractivity contribution is -0.137. The molecule has 0 heterocycles. The number of benzene rings is 1. The molecule has 1 rings (SSSR count). The summed E-state index contributed by atoms with van der Waals surface area (Å²) in [5, 5.41) is 11.5. The van der Waals surface area contributed by atoms with Crippen LogP contribution >= 0.6 is 11.6 Å². The van der Waals surface area contributed by atoms with E-state index in [2.05, 4.69) is 5.32 Å². The summed E-state index contributed by atoms with van der Waals surface area (Å²) in [4.78, 5) is 22.1. The van der Waals surface area contributed by atoms with E-state index < -0.39 is 5.97 Å². The molecule has 0 saturated heterocycles. The van der Waals surface area contributed by atoms with Crippen LogP contribution in [0.3, 0.4) is 0 Å². The van der Waals surface area contributed by atoms with Gasteiger partial charge in [0.25, 0.3) is 5.91 Å². The maximum atomic E-state index is 11.8. The molecule has 0 saturated carbocycles. The fourth-order valence-corrected chi connectivity index (χ4v) is 1.80. The van der Waals surface area contributed by atoms with Gasteiger partial charge in [0.1, 0.15) is 0 Å². The first kappa shape index (κ1) is 14.5. The zero-order valence-electron chi connectivity index (χ0n) is 10.4. The van der Waals surface area contributed by atoms with Crippen molar-refractivity contribution in [2.45, 2.75) is 26.7 Å². The van der Waals surface area contributed by atoms with Crippen molar-refractivity contribution in [2.24, 2.45) is 0 Å².